The minimum atomic E-state index is -0.291. The van der Waals surface area contributed by atoms with E-state index in [2.05, 4.69) is 5.10 Å². The fourth-order valence-corrected chi connectivity index (χ4v) is 4.46. The Hall–Kier alpha value is -1.50. The molecule has 2 aliphatic heterocycles. The van der Waals surface area contributed by atoms with Gasteiger partial charge in [-0.25, -0.2) is 0 Å². The summed E-state index contributed by atoms with van der Waals surface area (Å²) in [7, 11) is 0. The van der Waals surface area contributed by atoms with Gasteiger partial charge in [0.2, 0.25) is 11.8 Å². The van der Waals surface area contributed by atoms with Gasteiger partial charge in [-0.05, 0) is 25.3 Å². The van der Waals surface area contributed by atoms with Gasteiger partial charge in [0.1, 0.15) is 6.04 Å². The van der Waals surface area contributed by atoms with Crippen molar-refractivity contribution in [2.75, 3.05) is 18.2 Å². The molecule has 0 spiro atoms. The highest BCUT2D eigenvalue weighted by Crippen LogP contribution is 2.26. The first-order valence-electron chi connectivity index (χ1n) is 7.79. The third-order valence-electron chi connectivity index (χ3n) is 4.44. The summed E-state index contributed by atoms with van der Waals surface area (Å²) in [5, 5.41) is 4.25. The monoisotopic (exact) mass is 322 g/mol. The Morgan fingerprint density at radius 3 is 2.91 bits per heavy atom. The van der Waals surface area contributed by atoms with Gasteiger partial charge in [0, 0.05) is 31.6 Å². The number of nitrogens with zero attached hydrogens (tertiary/aromatic N) is 4. The van der Waals surface area contributed by atoms with Crippen molar-refractivity contribution in [2.24, 2.45) is 0 Å². The quantitative estimate of drug-likeness (QED) is 0.839. The summed E-state index contributed by atoms with van der Waals surface area (Å²) in [5.41, 5.74) is 0. The Labute approximate surface area is 134 Å². The molecule has 3 heterocycles. The molecule has 2 fully saturated rings. The molecule has 6 nitrogen and oxygen atoms in total. The Morgan fingerprint density at radius 1 is 1.32 bits per heavy atom. The molecule has 0 aliphatic carbocycles. The number of amides is 2. The number of aromatic nitrogens is 2. The molecule has 7 heteroatoms. The third-order valence-corrected chi connectivity index (χ3v) is 5.45. The van der Waals surface area contributed by atoms with Crippen molar-refractivity contribution < 1.29 is 9.59 Å². The van der Waals surface area contributed by atoms with Gasteiger partial charge in [0.15, 0.2) is 0 Å². The predicted octanol–water partition coefficient (Wildman–Crippen LogP) is 1.19. The Balaban J connectivity index is 1.72. The topological polar surface area (TPSA) is 58.4 Å². The van der Waals surface area contributed by atoms with Crippen LogP contribution < -0.4 is 0 Å². The van der Waals surface area contributed by atoms with Crippen LogP contribution in [-0.2, 0) is 16.1 Å². The first-order chi connectivity index (χ1) is 10.7. The van der Waals surface area contributed by atoms with Gasteiger partial charge in [-0.3, -0.25) is 14.3 Å². The maximum atomic E-state index is 12.9. The van der Waals surface area contributed by atoms with Gasteiger partial charge in [-0.15, -0.1) is 11.8 Å². The van der Waals surface area contributed by atoms with Crippen LogP contribution in [0.5, 0.6) is 0 Å². The number of rotatable bonds is 3. The summed E-state index contributed by atoms with van der Waals surface area (Å²) in [6.07, 6.45) is 6.89. The van der Waals surface area contributed by atoms with Gasteiger partial charge in [0.05, 0.1) is 18.5 Å². The van der Waals surface area contributed by atoms with Gasteiger partial charge >= 0.3 is 0 Å². The molecule has 0 bridgehead atoms. The predicted molar refractivity (Wildman–Crippen MR) is 85.2 cm³/mol. The lowest BCUT2D eigenvalue weighted by Gasteiger charge is -2.38. The summed E-state index contributed by atoms with van der Waals surface area (Å²) < 4.78 is 1.89. The second-order valence-corrected chi connectivity index (χ2v) is 6.91. The molecule has 22 heavy (non-hydrogen) atoms. The van der Waals surface area contributed by atoms with Crippen LogP contribution in [0.2, 0.25) is 0 Å². The maximum absolute atomic E-state index is 12.9. The van der Waals surface area contributed by atoms with Crippen molar-refractivity contribution >= 4 is 23.6 Å². The second-order valence-electron chi connectivity index (χ2n) is 5.91. The third kappa shape index (κ3) is 3.14. The highest BCUT2D eigenvalue weighted by Gasteiger charge is 2.38. The van der Waals surface area contributed by atoms with E-state index in [1.165, 1.54) is 0 Å². The van der Waals surface area contributed by atoms with Crippen LogP contribution in [0.25, 0.3) is 0 Å². The normalized spacial score (nSPS) is 25.5. The zero-order chi connectivity index (χ0) is 15.5. The number of thioether (sulfide) groups is 1. The van der Waals surface area contributed by atoms with E-state index in [0.29, 0.717) is 11.6 Å². The molecule has 0 saturated carbocycles. The molecular formula is C15H22N4O2S. The van der Waals surface area contributed by atoms with Crippen molar-refractivity contribution in [3.63, 3.8) is 0 Å². The fraction of sp³-hybridized carbons (Fsp3) is 0.667. The van der Waals surface area contributed by atoms with Crippen molar-refractivity contribution in [1.29, 1.82) is 0 Å². The first-order valence-corrected chi connectivity index (χ1v) is 8.95. The molecule has 2 amide bonds. The van der Waals surface area contributed by atoms with Gasteiger partial charge in [-0.1, -0.05) is 0 Å². The Morgan fingerprint density at radius 2 is 2.18 bits per heavy atom. The molecule has 0 unspecified atom stereocenters. The van der Waals surface area contributed by atoms with Crippen molar-refractivity contribution in [2.45, 2.75) is 44.8 Å². The number of hydrogen-bond acceptors (Lipinski definition) is 4. The number of piperidine rings is 1. The standard InChI is InChI=1S/C15H22N4O2S/c1-12(20)19-11-22-10-14(19)15(21)18-8-3-2-5-13(18)9-17-7-4-6-16-17/h4,6-7,13-14H,2-3,5,8-11H2,1H3/t13-,14-/m1/s1. The lowest BCUT2D eigenvalue weighted by molar-refractivity contribution is -0.145. The molecule has 2 saturated heterocycles. The maximum Gasteiger partial charge on any atom is 0.246 e. The zero-order valence-corrected chi connectivity index (χ0v) is 13.7. The molecule has 2 atom stereocenters. The van der Waals surface area contributed by atoms with E-state index in [1.807, 2.05) is 21.8 Å². The Bertz CT molecular complexity index is 534. The Kier molecular flexibility index (Phi) is 4.71. The van der Waals surface area contributed by atoms with E-state index < -0.39 is 0 Å². The number of carbonyl (C=O) groups is 2. The highest BCUT2D eigenvalue weighted by atomic mass is 32.2. The van der Waals surface area contributed by atoms with E-state index in [1.54, 1.807) is 29.8 Å². The number of hydrogen-bond donors (Lipinski definition) is 0. The summed E-state index contributed by atoms with van der Waals surface area (Å²) in [4.78, 5) is 28.3. The molecule has 0 N–H and O–H groups in total. The average Bonchev–Trinajstić information content (AvgIpc) is 3.18. The molecule has 1 aromatic heterocycles. The van der Waals surface area contributed by atoms with Gasteiger partial charge in [-0.2, -0.15) is 5.10 Å². The summed E-state index contributed by atoms with van der Waals surface area (Å²) >= 11 is 1.66. The van der Waals surface area contributed by atoms with Crippen LogP contribution in [0.4, 0.5) is 0 Å². The van der Waals surface area contributed by atoms with Crippen molar-refractivity contribution in [1.82, 2.24) is 19.6 Å². The van der Waals surface area contributed by atoms with Crippen LogP contribution in [0.3, 0.4) is 0 Å². The minimum Gasteiger partial charge on any atom is -0.336 e. The lowest BCUT2D eigenvalue weighted by Crippen LogP contribution is -2.54. The van der Waals surface area contributed by atoms with Gasteiger partial charge in [0.25, 0.3) is 0 Å². The van der Waals surface area contributed by atoms with E-state index in [-0.39, 0.29) is 23.9 Å². The van der Waals surface area contributed by atoms with Crippen molar-refractivity contribution in [3.8, 4) is 0 Å². The SMILES string of the molecule is CC(=O)N1CSC[C@@H]1C(=O)N1CCCC[C@@H]1Cn1cccn1. The molecule has 2 aliphatic rings. The summed E-state index contributed by atoms with van der Waals surface area (Å²) in [6.45, 7) is 3.07. The van der Waals surface area contributed by atoms with Gasteiger partial charge < -0.3 is 9.80 Å². The summed E-state index contributed by atoms with van der Waals surface area (Å²) in [6, 6.07) is 1.79. The molecule has 0 aromatic carbocycles. The number of carbonyl (C=O) groups excluding carboxylic acids is 2. The minimum absolute atomic E-state index is 0.0102. The van der Waals surface area contributed by atoms with Crippen LogP contribution in [-0.4, -0.2) is 61.7 Å². The number of likely N-dealkylation sites (tertiary alicyclic amines) is 1. The molecule has 3 rings (SSSR count). The molecular weight excluding hydrogens is 300 g/mol. The van der Waals surface area contributed by atoms with Crippen LogP contribution in [0.1, 0.15) is 26.2 Å². The van der Waals surface area contributed by atoms with Crippen LogP contribution >= 0.6 is 11.8 Å². The molecule has 120 valence electrons. The van der Waals surface area contributed by atoms with Crippen LogP contribution in [0, 0.1) is 0 Å². The van der Waals surface area contributed by atoms with E-state index in [4.69, 9.17) is 0 Å². The summed E-state index contributed by atoms with van der Waals surface area (Å²) in [5.74, 6) is 1.44. The first kappa shape index (κ1) is 15.4. The molecule has 0 radical (unpaired) electrons. The largest absolute Gasteiger partial charge is 0.336 e. The van der Waals surface area contributed by atoms with Crippen molar-refractivity contribution in [3.05, 3.63) is 18.5 Å². The average molecular weight is 322 g/mol. The highest BCUT2D eigenvalue weighted by molar-refractivity contribution is 7.99. The molecule has 1 aromatic rings. The van der Waals surface area contributed by atoms with E-state index in [9.17, 15) is 9.59 Å². The lowest BCUT2D eigenvalue weighted by atomic mass is 10.0. The van der Waals surface area contributed by atoms with Crippen LogP contribution in [0.15, 0.2) is 18.5 Å². The zero-order valence-electron chi connectivity index (χ0n) is 12.9. The fourth-order valence-electron chi connectivity index (χ4n) is 3.25. The smallest absolute Gasteiger partial charge is 0.246 e. The van der Waals surface area contributed by atoms with E-state index >= 15 is 0 Å². The van der Waals surface area contributed by atoms with E-state index in [0.717, 1.165) is 32.4 Å². The second kappa shape index (κ2) is 6.73.